The van der Waals surface area contributed by atoms with Gasteiger partial charge in [0.15, 0.2) is 17.4 Å². The zero-order valence-electron chi connectivity index (χ0n) is 15.2. The van der Waals surface area contributed by atoms with Crippen molar-refractivity contribution in [3.05, 3.63) is 70.3 Å². The van der Waals surface area contributed by atoms with Crippen molar-refractivity contribution in [1.29, 1.82) is 0 Å². The van der Waals surface area contributed by atoms with Gasteiger partial charge in [0.05, 0.1) is 22.3 Å². The molecule has 0 fully saturated rings. The van der Waals surface area contributed by atoms with Crippen molar-refractivity contribution in [2.75, 3.05) is 6.54 Å². The van der Waals surface area contributed by atoms with E-state index in [1.807, 2.05) is 0 Å². The van der Waals surface area contributed by atoms with Crippen molar-refractivity contribution in [3.63, 3.8) is 0 Å². The lowest BCUT2D eigenvalue weighted by Crippen LogP contribution is -2.18. The largest absolute Gasteiger partial charge is 0.760 e. The van der Waals surface area contributed by atoms with Gasteiger partial charge in [-0.25, -0.2) is 22.9 Å². The van der Waals surface area contributed by atoms with Gasteiger partial charge in [0, 0.05) is 29.6 Å². The van der Waals surface area contributed by atoms with Crippen LogP contribution in [0.5, 0.6) is 0 Å². The molecule has 0 spiro atoms. The van der Waals surface area contributed by atoms with Crippen LogP contribution in [0.15, 0.2) is 30.5 Å². The van der Waals surface area contributed by atoms with Crippen molar-refractivity contribution in [2.24, 2.45) is 0 Å². The Bertz CT molecular complexity index is 1120. The number of carbonyl (C=O) groups excluding carboxylic acids is 1. The third-order valence-electron chi connectivity index (χ3n) is 4.23. The van der Waals surface area contributed by atoms with Crippen molar-refractivity contribution in [2.45, 2.75) is 19.8 Å². The summed E-state index contributed by atoms with van der Waals surface area (Å²) >= 11 is -2.48. The first kappa shape index (κ1) is 21.0. The maximum absolute atomic E-state index is 14.8. The summed E-state index contributed by atoms with van der Waals surface area (Å²) in [6.07, 6.45) is 1.59. The molecule has 10 heteroatoms. The average Bonchev–Trinajstić information content (AvgIpc) is 2.68. The molecule has 29 heavy (non-hydrogen) atoms. The lowest BCUT2D eigenvalue weighted by molar-refractivity contribution is 0.102. The topological polar surface area (TPSA) is 95.0 Å². The molecular formula is C19H15F3N3O3S-. The first-order valence-electron chi connectivity index (χ1n) is 8.55. The molecule has 0 radical (unpaired) electrons. The normalized spacial score (nSPS) is 12.3. The summed E-state index contributed by atoms with van der Waals surface area (Å²) in [6, 6.07) is 4.84. The van der Waals surface area contributed by atoms with E-state index in [1.54, 1.807) is 13.1 Å². The molecule has 0 bridgehead atoms. The molecule has 3 rings (SSSR count). The number of rotatable bonds is 7. The van der Waals surface area contributed by atoms with Gasteiger partial charge < -0.3 is 4.55 Å². The average molecular weight is 422 g/mol. The van der Waals surface area contributed by atoms with Crippen molar-refractivity contribution in [1.82, 2.24) is 14.7 Å². The van der Waals surface area contributed by atoms with Crippen LogP contribution in [-0.4, -0.2) is 31.1 Å². The number of hydrogen-bond donors (Lipinski definition) is 1. The van der Waals surface area contributed by atoms with E-state index in [0.29, 0.717) is 22.8 Å². The molecule has 0 saturated carbocycles. The highest BCUT2D eigenvalue weighted by molar-refractivity contribution is 7.77. The van der Waals surface area contributed by atoms with Gasteiger partial charge in [0.2, 0.25) is 0 Å². The fourth-order valence-electron chi connectivity index (χ4n) is 2.86. The van der Waals surface area contributed by atoms with Gasteiger partial charge in [-0.2, -0.15) is 0 Å². The van der Waals surface area contributed by atoms with Gasteiger partial charge in [-0.3, -0.25) is 14.0 Å². The molecule has 0 saturated heterocycles. The Morgan fingerprint density at radius 2 is 1.93 bits per heavy atom. The zero-order valence-corrected chi connectivity index (χ0v) is 16.0. The summed E-state index contributed by atoms with van der Waals surface area (Å²) in [5.74, 6) is -5.13. The highest BCUT2D eigenvalue weighted by Gasteiger charge is 2.25. The number of nitrogens with one attached hydrogen (secondary N) is 1. The third-order valence-corrected chi connectivity index (χ3v) is 4.67. The van der Waals surface area contributed by atoms with Crippen molar-refractivity contribution < 1.29 is 26.7 Å². The van der Waals surface area contributed by atoms with E-state index >= 15 is 0 Å². The fourth-order valence-corrected chi connectivity index (χ4v) is 3.17. The zero-order chi connectivity index (χ0) is 21.1. The van der Waals surface area contributed by atoms with Crippen LogP contribution in [0, 0.1) is 24.4 Å². The molecule has 0 amide bonds. The van der Waals surface area contributed by atoms with E-state index in [0.717, 1.165) is 0 Å². The van der Waals surface area contributed by atoms with Crippen LogP contribution < -0.4 is 4.72 Å². The molecule has 1 unspecified atom stereocenters. The maximum Gasteiger partial charge on any atom is 0.199 e. The Kier molecular flexibility index (Phi) is 6.36. The number of aromatic nitrogens is 2. The second kappa shape index (κ2) is 8.76. The number of ketones is 1. The molecule has 0 aliphatic rings. The van der Waals surface area contributed by atoms with Gasteiger partial charge in [-0.05, 0) is 49.6 Å². The predicted octanol–water partition coefficient (Wildman–Crippen LogP) is 2.90. The van der Waals surface area contributed by atoms with E-state index in [4.69, 9.17) is 0 Å². The number of aryl methyl sites for hydroxylation is 2. The number of halogens is 3. The van der Waals surface area contributed by atoms with Gasteiger partial charge >= 0.3 is 0 Å². The lowest BCUT2D eigenvalue weighted by Gasteiger charge is -2.11. The Morgan fingerprint density at radius 3 is 2.66 bits per heavy atom. The summed E-state index contributed by atoms with van der Waals surface area (Å²) in [6.45, 7) is 1.69. The van der Waals surface area contributed by atoms with Gasteiger partial charge in [0.1, 0.15) is 5.82 Å². The molecular weight excluding hydrogens is 407 g/mol. The quantitative estimate of drug-likeness (QED) is 0.273. The summed E-state index contributed by atoms with van der Waals surface area (Å²) in [5, 5.41) is 0. The molecule has 3 aromatic rings. The maximum atomic E-state index is 14.8. The molecule has 2 aromatic carbocycles. The molecule has 1 N–H and O–H groups in total. The Morgan fingerprint density at radius 1 is 1.17 bits per heavy atom. The molecule has 1 atom stereocenters. The fraction of sp³-hybridized carbons (Fsp3) is 0.211. The minimum absolute atomic E-state index is 0.0134. The van der Waals surface area contributed by atoms with Crippen LogP contribution >= 0.6 is 0 Å². The van der Waals surface area contributed by atoms with E-state index in [1.165, 1.54) is 18.2 Å². The molecule has 0 aliphatic heterocycles. The molecule has 1 heterocycles. The van der Waals surface area contributed by atoms with E-state index in [9.17, 15) is 26.7 Å². The number of nitrogens with zero attached hydrogens (tertiary/aromatic N) is 2. The van der Waals surface area contributed by atoms with E-state index in [-0.39, 0.29) is 30.5 Å². The second-order valence-electron chi connectivity index (χ2n) is 6.30. The second-order valence-corrected chi connectivity index (χ2v) is 7.06. The van der Waals surface area contributed by atoms with Crippen LogP contribution in [0.1, 0.15) is 33.6 Å². The first-order chi connectivity index (χ1) is 13.8. The van der Waals surface area contributed by atoms with Gasteiger partial charge in [0.25, 0.3) is 0 Å². The summed E-state index contributed by atoms with van der Waals surface area (Å²) < 4.78 is 66.1. The summed E-state index contributed by atoms with van der Waals surface area (Å²) in [5.41, 5.74) is 0.180. The SMILES string of the molecule is Cc1cnc2ccc(C(=O)c3c(F)c(F)cc(CCCNS(=O)[O-])c3F)cc2n1. The smallest absolute Gasteiger partial charge is 0.199 e. The number of hydrogen-bond acceptors (Lipinski definition) is 5. The predicted molar refractivity (Wildman–Crippen MR) is 99.3 cm³/mol. The molecule has 6 nitrogen and oxygen atoms in total. The van der Waals surface area contributed by atoms with Crippen LogP contribution in [0.25, 0.3) is 11.0 Å². The molecule has 1 aromatic heterocycles. The van der Waals surface area contributed by atoms with Crippen LogP contribution in [0.3, 0.4) is 0 Å². The summed E-state index contributed by atoms with van der Waals surface area (Å²) in [7, 11) is 0. The Balaban J connectivity index is 1.96. The minimum atomic E-state index is -2.48. The number of benzene rings is 2. The Labute approximate surface area is 166 Å². The molecule has 152 valence electrons. The number of fused-ring (bicyclic) bond motifs is 1. The van der Waals surface area contributed by atoms with Crippen LogP contribution in [-0.2, 0) is 17.7 Å². The van der Waals surface area contributed by atoms with Crippen molar-refractivity contribution >= 4 is 28.1 Å². The monoisotopic (exact) mass is 422 g/mol. The summed E-state index contributed by atoms with van der Waals surface area (Å²) in [4.78, 5) is 21.1. The van der Waals surface area contributed by atoms with Crippen LogP contribution in [0.4, 0.5) is 13.2 Å². The van der Waals surface area contributed by atoms with Gasteiger partial charge in [-0.15, -0.1) is 0 Å². The molecule has 0 aliphatic carbocycles. The number of carbonyl (C=O) groups is 1. The lowest BCUT2D eigenvalue weighted by atomic mass is 9.97. The highest BCUT2D eigenvalue weighted by Crippen LogP contribution is 2.25. The van der Waals surface area contributed by atoms with E-state index in [2.05, 4.69) is 14.7 Å². The third kappa shape index (κ3) is 4.66. The highest BCUT2D eigenvalue weighted by atomic mass is 32.2. The standard InChI is InChI=1S/C19H16F3N3O3S/c1-10-9-23-14-5-4-12(8-15(14)25-10)19(26)16-17(21)11(7-13(20)18(16)22)3-2-6-24-29(27)28/h4-5,7-9,24H,2-3,6H2,1H3,(H,27,28)/p-1. The van der Waals surface area contributed by atoms with Crippen LogP contribution in [0.2, 0.25) is 0 Å². The first-order valence-corrected chi connectivity index (χ1v) is 9.62. The van der Waals surface area contributed by atoms with E-state index < -0.39 is 40.1 Å². The Hall–Kier alpha value is -2.69. The van der Waals surface area contributed by atoms with Gasteiger partial charge in [-0.1, -0.05) is 0 Å². The van der Waals surface area contributed by atoms with Crippen molar-refractivity contribution in [3.8, 4) is 0 Å². The minimum Gasteiger partial charge on any atom is -0.760 e.